The summed E-state index contributed by atoms with van der Waals surface area (Å²) in [6.45, 7) is 6.81. The zero-order valence-corrected chi connectivity index (χ0v) is 21.9. The van der Waals surface area contributed by atoms with Gasteiger partial charge in [-0.3, -0.25) is 0 Å². The van der Waals surface area contributed by atoms with Gasteiger partial charge in [-0.25, -0.2) is 9.78 Å². The molecule has 1 aliphatic heterocycles. The van der Waals surface area contributed by atoms with Crippen LogP contribution in [-0.4, -0.2) is 33.5 Å². The number of aromatic nitrogens is 2. The van der Waals surface area contributed by atoms with Gasteiger partial charge < -0.3 is 29.2 Å². The molecule has 1 aliphatic rings. The number of alkyl carbamates (subject to hydrolysis) is 1. The minimum Gasteiger partial charge on any atom is -0.445 e. The van der Waals surface area contributed by atoms with E-state index in [-0.39, 0.29) is 31.3 Å². The Morgan fingerprint density at radius 3 is 2.51 bits per heavy atom. The number of aliphatic hydroxyl groups excluding tert-OH is 1. The third-order valence-electron chi connectivity index (χ3n) is 7.05. The van der Waals surface area contributed by atoms with Crippen LogP contribution in [-0.2, 0) is 33.9 Å². The minimum absolute atomic E-state index is 0.00337. The number of nitrogens with one attached hydrogen (secondary N) is 1. The average molecular weight is 528 g/mol. The van der Waals surface area contributed by atoms with E-state index in [1.807, 2.05) is 73.1 Å². The highest BCUT2D eigenvalue weighted by atomic mass is 16.7. The van der Waals surface area contributed by atoms with E-state index in [0.717, 1.165) is 33.3 Å². The molecule has 3 aromatic carbocycles. The zero-order chi connectivity index (χ0) is 27.2. The number of rotatable bonds is 9. The molecule has 1 saturated heterocycles. The Bertz CT molecular complexity index is 1400. The maximum atomic E-state index is 11.7. The van der Waals surface area contributed by atoms with Crippen molar-refractivity contribution in [2.24, 2.45) is 5.92 Å². The fraction of sp³-hybridized carbons (Fsp3) is 0.290. The van der Waals surface area contributed by atoms with Crippen LogP contribution in [0.15, 0.2) is 91.8 Å². The number of aliphatic hydroxyl groups is 1. The molecular formula is C31H33N3O5. The highest BCUT2D eigenvalue weighted by Crippen LogP contribution is 2.42. The number of carbonyl (C=O) groups is 1. The summed E-state index contributed by atoms with van der Waals surface area (Å²) in [5.74, 6) is 0.0486. The molecule has 5 rings (SSSR count). The molecule has 202 valence electrons. The molecule has 0 spiro atoms. The number of nitrogens with zero attached hydrogens (tertiary/aromatic N) is 2. The molecule has 8 nitrogen and oxygen atoms in total. The van der Waals surface area contributed by atoms with Crippen molar-refractivity contribution in [3.05, 3.63) is 114 Å². The number of carbonyl (C=O) groups excluding carboxylic acids is 1. The number of benzene rings is 3. The minimum atomic E-state index is -0.580. The standard InChI is InChI=1S/C31H33N3O5/c1-3-16-37-31(36)32-17-22-8-14-25(15-9-22)30-38-28(18-34-20-33-26-6-4-5-7-27(26)34)21(2)29(39-30)24-12-10-23(19-35)11-13-24/h3-15,20-21,28-30,35H,1,16-19H2,2H3,(H,32,36)/t21-,28+,29+,30+/m1/s1. The predicted molar refractivity (Wildman–Crippen MR) is 148 cm³/mol. The van der Waals surface area contributed by atoms with Crippen LogP contribution >= 0.6 is 0 Å². The van der Waals surface area contributed by atoms with Gasteiger partial charge in [-0.2, -0.15) is 0 Å². The lowest BCUT2D eigenvalue weighted by molar-refractivity contribution is -0.276. The first-order chi connectivity index (χ1) is 19.1. The third-order valence-corrected chi connectivity index (χ3v) is 7.05. The van der Waals surface area contributed by atoms with E-state index in [2.05, 4.69) is 34.4 Å². The van der Waals surface area contributed by atoms with Crippen molar-refractivity contribution in [1.82, 2.24) is 14.9 Å². The van der Waals surface area contributed by atoms with Crippen molar-refractivity contribution < 1.29 is 24.1 Å². The summed E-state index contributed by atoms with van der Waals surface area (Å²) < 4.78 is 20.2. The summed E-state index contributed by atoms with van der Waals surface area (Å²) in [7, 11) is 0. The molecule has 0 aliphatic carbocycles. The van der Waals surface area contributed by atoms with Crippen LogP contribution in [0.3, 0.4) is 0 Å². The van der Waals surface area contributed by atoms with Gasteiger partial charge in [-0.05, 0) is 28.8 Å². The van der Waals surface area contributed by atoms with Gasteiger partial charge in [0.25, 0.3) is 0 Å². The van der Waals surface area contributed by atoms with E-state index in [4.69, 9.17) is 14.2 Å². The van der Waals surface area contributed by atoms with Crippen molar-refractivity contribution in [3.63, 3.8) is 0 Å². The summed E-state index contributed by atoms with van der Waals surface area (Å²) in [5, 5.41) is 12.2. The molecule has 0 radical (unpaired) electrons. The van der Waals surface area contributed by atoms with Crippen LogP contribution in [0, 0.1) is 5.92 Å². The van der Waals surface area contributed by atoms with Gasteiger partial charge in [-0.15, -0.1) is 0 Å². The van der Waals surface area contributed by atoms with E-state index in [1.165, 1.54) is 6.08 Å². The van der Waals surface area contributed by atoms with Crippen molar-refractivity contribution in [1.29, 1.82) is 0 Å². The zero-order valence-electron chi connectivity index (χ0n) is 21.9. The first-order valence-corrected chi connectivity index (χ1v) is 13.1. The van der Waals surface area contributed by atoms with Gasteiger partial charge in [0.1, 0.15) is 6.61 Å². The molecule has 0 saturated carbocycles. The van der Waals surface area contributed by atoms with Crippen LogP contribution in [0.25, 0.3) is 11.0 Å². The monoisotopic (exact) mass is 527 g/mol. The molecule has 1 amide bonds. The van der Waals surface area contributed by atoms with Crippen molar-refractivity contribution in [2.45, 2.75) is 45.1 Å². The number of amides is 1. The molecule has 0 unspecified atom stereocenters. The Labute approximate surface area is 227 Å². The molecule has 4 atom stereocenters. The van der Waals surface area contributed by atoms with Crippen LogP contribution in [0.2, 0.25) is 0 Å². The largest absolute Gasteiger partial charge is 0.445 e. The van der Waals surface area contributed by atoms with E-state index in [9.17, 15) is 9.90 Å². The van der Waals surface area contributed by atoms with Gasteiger partial charge in [0.2, 0.25) is 0 Å². The molecule has 2 heterocycles. The Morgan fingerprint density at radius 2 is 1.77 bits per heavy atom. The van der Waals surface area contributed by atoms with Crippen molar-refractivity contribution >= 4 is 17.1 Å². The normalized spacial score (nSPS) is 21.0. The van der Waals surface area contributed by atoms with E-state index < -0.39 is 12.4 Å². The fourth-order valence-corrected chi connectivity index (χ4v) is 4.83. The molecule has 0 bridgehead atoms. The maximum Gasteiger partial charge on any atom is 0.407 e. The highest BCUT2D eigenvalue weighted by molar-refractivity contribution is 5.74. The highest BCUT2D eigenvalue weighted by Gasteiger charge is 2.38. The second-order valence-corrected chi connectivity index (χ2v) is 9.69. The third kappa shape index (κ3) is 6.20. The first kappa shape index (κ1) is 26.6. The van der Waals surface area contributed by atoms with Gasteiger partial charge in [0, 0.05) is 18.0 Å². The second kappa shape index (κ2) is 12.3. The van der Waals surface area contributed by atoms with Crippen LogP contribution < -0.4 is 5.32 Å². The predicted octanol–water partition coefficient (Wildman–Crippen LogP) is 5.43. The lowest BCUT2D eigenvalue weighted by atomic mass is 9.90. The van der Waals surface area contributed by atoms with E-state index in [0.29, 0.717) is 13.1 Å². The number of imidazole rings is 1. The quantitative estimate of drug-likeness (QED) is 0.282. The summed E-state index contributed by atoms with van der Waals surface area (Å²) >= 11 is 0. The number of para-hydroxylation sites is 2. The maximum absolute atomic E-state index is 11.7. The van der Waals surface area contributed by atoms with Crippen LogP contribution in [0.5, 0.6) is 0 Å². The topological polar surface area (TPSA) is 94.8 Å². The van der Waals surface area contributed by atoms with Gasteiger partial charge in [0.15, 0.2) is 6.29 Å². The van der Waals surface area contributed by atoms with Crippen LogP contribution in [0.1, 0.15) is 41.6 Å². The molecular weight excluding hydrogens is 494 g/mol. The number of hydrogen-bond acceptors (Lipinski definition) is 6. The number of fused-ring (bicyclic) bond motifs is 1. The Balaban J connectivity index is 1.37. The summed E-state index contributed by atoms with van der Waals surface area (Å²) in [4.78, 5) is 16.3. The first-order valence-electron chi connectivity index (χ1n) is 13.1. The second-order valence-electron chi connectivity index (χ2n) is 9.69. The lowest BCUT2D eigenvalue weighted by Gasteiger charge is -2.41. The van der Waals surface area contributed by atoms with E-state index in [1.54, 1.807) is 0 Å². The lowest BCUT2D eigenvalue weighted by Crippen LogP contribution is -2.39. The van der Waals surface area contributed by atoms with Gasteiger partial charge in [-0.1, -0.05) is 80.2 Å². The smallest absolute Gasteiger partial charge is 0.407 e. The number of ether oxygens (including phenoxy) is 3. The molecule has 4 aromatic rings. The average Bonchev–Trinajstić information content (AvgIpc) is 3.39. The number of hydrogen-bond donors (Lipinski definition) is 2. The summed E-state index contributed by atoms with van der Waals surface area (Å²) in [5.41, 5.74) is 5.71. The summed E-state index contributed by atoms with van der Waals surface area (Å²) in [6.07, 6.45) is 1.95. The molecule has 2 N–H and O–H groups in total. The van der Waals surface area contributed by atoms with Crippen molar-refractivity contribution in [2.75, 3.05) is 6.61 Å². The van der Waals surface area contributed by atoms with Crippen molar-refractivity contribution in [3.8, 4) is 0 Å². The van der Waals surface area contributed by atoms with Crippen LogP contribution in [0.4, 0.5) is 4.79 Å². The molecule has 1 fully saturated rings. The Kier molecular flexibility index (Phi) is 8.36. The van der Waals surface area contributed by atoms with Gasteiger partial charge >= 0.3 is 6.09 Å². The molecule has 39 heavy (non-hydrogen) atoms. The molecule has 8 heteroatoms. The Hall–Kier alpha value is -3.98. The van der Waals surface area contributed by atoms with E-state index >= 15 is 0 Å². The van der Waals surface area contributed by atoms with Gasteiger partial charge in [0.05, 0.1) is 42.7 Å². The fourth-order valence-electron chi connectivity index (χ4n) is 4.83. The SMILES string of the molecule is C=CCOC(=O)NCc1ccc([C@H]2O[C@@H](Cn3cnc4ccccc43)[C@@H](C)[C@@H](c3ccc(CO)cc3)O2)cc1. The molecule has 1 aromatic heterocycles. The Morgan fingerprint density at radius 1 is 1.05 bits per heavy atom. The summed E-state index contributed by atoms with van der Waals surface area (Å²) in [6, 6.07) is 23.7.